The maximum Gasteiger partial charge on any atom is 2.00 e. The Morgan fingerprint density at radius 2 is 0.974 bits per heavy atom. The second kappa shape index (κ2) is 26.3. The van der Waals surface area contributed by atoms with Gasteiger partial charge in [0, 0.05) is 27.7 Å². The van der Waals surface area contributed by atoms with Gasteiger partial charge in [-0.25, -0.2) is 8.42 Å². The number of carbonyl (C=O) groups is 2. The molecule has 0 unspecified atom stereocenters. The first-order valence-corrected chi connectivity index (χ1v) is 26.8. The van der Waals surface area contributed by atoms with Crippen molar-refractivity contribution in [3.05, 3.63) is 166 Å². The molecule has 0 radical (unpaired) electrons. The summed E-state index contributed by atoms with van der Waals surface area (Å²) >= 11 is 12.5. The van der Waals surface area contributed by atoms with Crippen LogP contribution in [0.2, 0.25) is 10.0 Å². The van der Waals surface area contributed by atoms with E-state index in [9.17, 15) is 45.7 Å². The van der Waals surface area contributed by atoms with Crippen molar-refractivity contribution in [3.8, 4) is 23.0 Å². The number of rotatable bonds is 16. The zero-order valence-corrected chi connectivity index (χ0v) is 49.2. The number of hydrogen-bond acceptors (Lipinski definition) is 15. The van der Waals surface area contributed by atoms with E-state index in [1.807, 2.05) is 20.8 Å². The number of aryl methyl sites for hydroxylation is 2. The molecule has 0 saturated heterocycles. The molecule has 0 spiro atoms. The molecule has 23 heteroatoms. The molecule has 0 saturated carbocycles. The Kier molecular flexibility index (Phi) is 20.4. The van der Waals surface area contributed by atoms with Gasteiger partial charge in [0.25, 0.3) is 21.9 Å². The number of nitrogens with zero attached hydrogens (tertiary/aromatic N) is 4. The topological polar surface area (TPSA) is 281 Å². The van der Waals surface area contributed by atoms with Crippen LogP contribution < -0.4 is 25.2 Å². The summed E-state index contributed by atoms with van der Waals surface area (Å²) in [7, 11) is -9.47. The Balaban J connectivity index is 0.000000246. The molecule has 0 aliphatic heterocycles. The predicted molar refractivity (Wildman–Crippen MR) is 294 cm³/mol. The molecule has 0 atom stereocenters. The molecule has 8 aromatic carbocycles. The van der Waals surface area contributed by atoms with Gasteiger partial charge >= 0.3 is 48.9 Å². The van der Waals surface area contributed by atoms with Gasteiger partial charge in [-0.3, -0.25) is 14.1 Å². The quantitative estimate of drug-likeness (QED) is 0.0399. The number of halogens is 2. The molecule has 0 aromatic heterocycles. The van der Waals surface area contributed by atoms with E-state index in [-0.39, 0.29) is 92.8 Å². The summed E-state index contributed by atoms with van der Waals surface area (Å²) in [6.45, 7) is 8.35. The summed E-state index contributed by atoms with van der Waals surface area (Å²) in [5.74, 6) is -1.02. The van der Waals surface area contributed by atoms with Gasteiger partial charge in [0.1, 0.15) is 43.6 Å². The van der Waals surface area contributed by atoms with Crippen LogP contribution in [0.5, 0.6) is 23.0 Å². The number of ether oxygens (including phenoxy) is 2. The van der Waals surface area contributed by atoms with E-state index in [0.717, 1.165) is 6.07 Å². The zero-order chi connectivity index (χ0) is 54.9. The maximum absolute atomic E-state index is 13.4. The van der Waals surface area contributed by atoms with Crippen molar-refractivity contribution in [2.45, 2.75) is 50.3 Å². The molecule has 77 heavy (non-hydrogen) atoms. The third-order valence-corrected chi connectivity index (χ3v) is 14.2. The number of phenols is 1. The summed E-state index contributed by atoms with van der Waals surface area (Å²) in [5, 5.41) is 48.0. The van der Waals surface area contributed by atoms with Gasteiger partial charge in [-0.15, -0.1) is 15.3 Å². The van der Waals surface area contributed by atoms with Crippen LogP contribution in [0.25, 0.3) is 21.5 Å². The summed E-state index contributed by atoms with van der Waals surface area (Å²) in [5.41, 5.74) is 1.69. The van der Waals surface area contributed by atoms with Gasteiger partial charge in [-0.2, -0.15) is 13.5 Å². The molecule has 8 rings (SSSR count). The van der Waals surface area contributed by atoms with E-state index in [2.05, 4.69) is 31.1 Å². The van der Waals surface area contributed by atoms with Crippen molar-refractivity contribution in [1.29, 1.82) is 0 Å². The molecular formula is C54H46BaCl2N6O12S2. The maximum atomic E-state index is 13.4. The molecule has 4 N–H and O–H groups in total. The van der Waals surface area contributed by atoms with E-state index in [0.29, 0.717) is 81.6 Å². The minimum Gasteiger partial charge on any atom is -0.870 e. The second-order valence-corrected chi connectivity index (χ2v) is 19.8. The van der Waals surface area contributed by atoms with Crippen molar-refractivity contribution in [2.24, 2.45) is 20.5 Å². The monoisotopic (exact) mass is 1240 g/mol. The fraction of sp³-hybridized carbons (Fsp3) is 0.148. The van der Waals surface area contributed by atoms with Gasteiger partial charge in [0.2, 0.25) is 0 Å². The molecule has 392 valence electrons. The van der Waals surface area contributed by atoms with Crippen LogP contribution in [0.1, 0.15) is 59.5 Å². The average molecular weight is 1240 g/mol. The van der Waals surface area contributed by atoms with E-state index in [1.54, 1.807) is 104 Å². The van der Waals surface area contributed by atoms with E-state index < -0.39 is 53.3 Å². The average Bonchev–Trinajstić information content (AvgIpc) is 3.39. The summed E-state index contributed by atoms with van der Waals surface area (Å²) in [6.07, 6.45) is 0.847. The number of azo groups is 2. The molecule has 0 fully saturated rings. The molecule has 0 aliphatic carbocycles. The third kappa shape index (κ3) is 14.2. The Bertz CT molecular complexity index is 3560. The second-order valence-electron chi connectivity index (χ2n) is 16.3. The van der Waals surface area contributed by atoms with Gasteiger partial charge in [0.15, 0.2) is 5.75 Å². The van der Waals surface area contributed by atoms with Crippen molar-refractivity contribution in [3.63, 3.8) is 0 Å². The fourth-order valence-corrected chi connectivity index (χ4v) is 9.85. The number of fused-ring (bicyclic) bond motifs is 2. The van der Waals surface area contributed by atoms with Crippen LogP contribution in [-0.4, -0.2) is 105 Å². The molecular weight excluding hydrogens is 1200 g/mol. The van der Waals surface area contributed by atoms with Crippen LogP contribution in [0.4, 0.5) is 34.1 Å². The fourth-order valence-electron chi connectivity index (χ4n) is 7.72. The Labute approximate surface area is 493 Å². The van der Waals surface area contributed by atoms with E-state index in [4.69, 9.17) is 32.7 Å². The Morgan fingerprint density at radius 1 is 0.571 bits per heavy atom. The van der Waals surface area contributed by atoms with Gasteiger partial charge in [-0.05, 0) is 121 Å². The van der Waals surface area contributed by atoms with Crippen molar-refractivity contribution >= 4 is 160 Å². The van der Waals surface area contributed by atoms with Crippen LogP contribution in [0.15, 0.2) is 164 Å². The number of nitrogens with one attached hydrogen (secondary N) is 2. The molecule has 0 bridgehead atoms. The number of anilines is 2. The number of phenolic OH excluding ortho intramolecular Hbond substituents is 1. The molecule has 0 aliphatic rings. The van der Waals surface area contributed by atoms with Crippen molar-refractivity contribution < 1.29 is 55.2 Å². The van der Waals surface area contributed by atoms with Crippen molar-refractivity contribution in [1.82, 2.24) is 0 Å². The number of amides is 2. The standard InChI is InChI=1S/2C27H24ClN3O6S.Ba/c2*1-3-16-9-14-22(38(34,35)36)23(28)24(16)30-31-25-20-8-6-5-7-17(20)15-21(26(25)32)27(33)29-18-10-12-19(13-11-18)37-4-2;/h2*5-15,32H,3-4H2,1-2H3,(H,29,33)(H,34,35,36);/q;;+2/p-2. The first-order valence-electron chi connectivity index (χ1n) is 23.2. The van der Waals surface area contributed by atoms with Gasteiger partial charge in [-0.1, -0.05) is 103 Å². The van der Waals surface area contributed by atoms with E-state index in [1.165, 1.54) is 30.3 Å². The van der Waals surface area contributed by atoms with Crippen LogP contribution in [0.3, 0.4) is 0 Å². The van der Waals surface area contributed by atoms with Crippen LogP contribution in [0, 0.1) is 0 Å². The minimum absolute atomic E-state index is 0. The third-order valence-electron chi connectivity index (χ3n) is 11.4. The Hall–Kier alpha value is -6.41. The summed E-state index contributed by atoms with van der Waals surface area (Å²) in [4.78, 5) is 25.1. The minimum atomic E-state index is -4.87. The van der Waals surface area contributed by atoms with E-state index >= 15 is 0 Å². The predicted octanol–water partition coefficient (Wildman–Crippen LogP) is 12.8. The number of benzene rings is 8. The largest absolute Gasteiger partial charge is 2.00 e. The van der Waals surface area contributed by atoms with Gasteiger partial charge < -0.3 is 34.9 Å². The Morgan fingerprint density at radius 3 is 1.43 bits per heavy atom. The number of carbonyl (C=O) groups excluding carboxylic acids is 2. The first kappa shape index (κ1) is 59.8. The van der Waals surface area contributed by atoms with Crippen LogP contribution in [-0.2, 0) is 33.1 Å². The molecule has 2 amide bonds. The van der Waals surface area contributed by atoms with Crippen LogP contribution >= 0.6 is 23.2 Å². The molecule has 8 aromatic rings. The summed E-state index contributed by atoms with van der Waals surface area (Å²) < 4.78 is 78.7. The number of aromatic hydroxyl groups is 1. The molecule has 18 nitrogen and oxygen atoms in total. The normalized spacial score (nSPS) is 11.5. The van der Waals surface area contributed by atoms with Crippen molar-refractivity contribution in [2.75, 3.05) is 23.8 Å². The smallest absolute Gasteiger partial charge is 0.870 e. The number of hydrogen-bond donors (Lipinski definition) is 4. The molecule has 0 heterocycles. The SMILES string of the molecule is CCOc1ccc(NC(=O)c2cc3ccccc3c(N=Nc3c(CC)ccc(S(=O)(=O)O)c3Cl)c2O)cc1.CCOc1ccc(NC(=O)c2cc3ccccc3c(N=Nc3c(CC)ccc(S(=O)(=O)[O-])c3Cl)c2[O-])cc1.[Ba+2]. The summed E-state index contributed by atoms with van der Waals surface area (Å²) in [6, 6.07) is 35.5. The first-order chi connectivity index (χ1) is 36.3. The zero-order valence-electron chi connectivity index (χ0n) is 41.6. The van der Waals surface area contributed by atoms with Gasteiger partial charge in [0.05, 0.1) is 39.4 Å².